The Balaban J connectivity index is 0.000000459. The van der Waals surface area contributed by atoms with E-state index < -0.39 is 0 Å². The molecule has 4 heteroatoms. The molecule has 248 valence electrons. The summed E-state index contributed by atoms with van der Waals surface area (Å²) in [6.45, 7) is 4.38. The van der Waals surface area contributed by atoms with Crippen molar-refractivity contribution in [1.29, 1.82) is 0 Å². The second kappa shape index (κ2) is 18.3. The van der Waals surface area contributed by atoms with Crippen LogP contribution in [-0.4, -0.2) is 12.6 Å². The van der Waals surface area contributed by atoms with E-state index in [4.69, 9.17) is 4.99 Å². The molecule has 6 aromatic rings. The van der Waals surface area contributed by atoms with Gasteiger partial charge in [-0.1, -0.05) is 155 Å². The van der Waals surface area contributed by atoms with Crippen LogP contribution in [-0.2, 0) is 0 Å². The lowest BCUT2D eigenvalue weighted by Gasteiger charge is -2.41. The Kier molecular flexibility index (Phi) is 13.1. The van der Waals surface area contributed by atoms with Gasteiger partial charge in [-0.3, -0.25) is 0 Å². The molecule has 0 fully saturated rings. The smallest absolute Gasteiger partial charge is 0.330 e. The monoisotopic (exact) mass is 645 g/mol. The minimum absolute atomic E-state index is 0.122. The van der Waals surface area contributed by atoms with E-state index in [1.54, 1.807) is 0 Å². The molecule has 0 heterocycles. The summed E-state index contributed by atoms with van der Waals surface area (Å²) in [6, 6.07) is 63.1. The molecule has 0 N–H and O–H groups in total. The number of para-hydroxylation sites is 6. The lowest BCUT2D eigenvalue weighted by molar-refractivity contribution is -0.379. The molecule has 0 spiro atoms. The van der Waals surface area contributed by atoms with Gasteiger partial charge in [-0.15, -0.1) is 6.61 Å². The summed E-state index contributed by atoms with van der Waals surface area (Å²) in [5.41, 5.74) is 6.14. The highest BCUT2D eigenvalue weighted by Crippen LogP contribution is 2.47. The van der Waals surface area contributed by atoms with Gasteiger partial charge in [-0.05, 0) is 36.4 Å². The molecular weight excluding hydrogens is 599 g/mol. The minimum Gasteiger partial charge on any atom is -0.854 e. The zero-order chi connectivity index (χ0) is 34.2. The van der Waals surface area contributed by atoms with Gasteiger partial charge in [0.1, 0.15) is 0 Å². The third-order valence-electron chi connectivity index (χ3n) is 8.72. The molecule has 4 nitrogen and oxygen atoms in total. The Labute approximate surface area is 292 Å². The molecule has 1 unspecified atom stereocenters. The van der Waals surface area contributed by atoms with Crippen molar-refractivity contribution in [2.45, 2.75) is 39.5 Å². The normalized spacial score (nSPS) is 12.0. The maximum Gasteiger partial charge on any atom is 0.330 e. The van der Waals surface area contributed by atoms with E-state index in [1.807, 2.05) is 30.3 Å². The summed E-state index contributed by atoms with van der Waals surface area (Å²) in [7, 11) is 0. The highest BCUT2D eigenvalue weighted by Gasteiger charge is 2.46. The summed E-state index contributed by atoms with van der Waals surface area (Å²) in [6.07, 6.45) is 4.64. The van der Waals surface area contributed by atoms with E-state index in [0.717, 1.165) is 52.9 Å². The van der Waals surface area contributed by atoms with Crippen LogP contribution in [0.4, 0.5) is 34.1 Å². The fourth-order valence-electron chi connectivity index (χ4n) is 6.07. The number of nitrogens with zero attached hydrogens (tertiary/aromatic N) is 3. The van der Waals surface area contributed by atoms with E-state index in [1.165, 1.54) is 12.8 Å². The first kappa shape index (κ1) is 35.0. The highest BCUT2D eigenvalue weighted by atomic mass is 16.3. The molecule has 0 aromatic heterocycles. The van der Waals surface area contributed by atoms with Gasteiger partial charge in [-0.25, -0.2) is 4.90 Å². The molecule has 0 amide bonds. The van der Waals surface area contributed by atoms with Crippen molar-refractivity contribution in [1.82, 2.24) is 4.48 Å². The number of aliphatic imine (C=N–C) groups is 1. The Morgan fingerprint density at radius 2 is 0.918 bits per heavy atom. The van der Waals surface area contributed by atoms with E-state index in [-0.39, 0.29) is 11.1 Å². The Morgan fingerprint density at radius 3 is 1.27 bits per heavy atom. The predicted octanol–water partition coefficient (Wildman–Crippen LogP) is 11.7. The van der Waals surface area contributed by atoms with Crippen LogP contribution in [0.25, 0.3) is 0 Å². The van der Waals surface area contributed by atoms with Crippen LogP contribution in [0, 0.1) is 5.92 Å². The number of unbranched alkanes of at least 4 members (excludes halogenated alkanes) is 1. The standard InChI is InChI=1S/C37H30N3.C8H17O/c1-7-19-31(20-8-1)38-37(39(32-21-9-2-10-22-32)33-23-11-3-12-24-33)40(34-25-13-4-14-26-34,35-27-15-5-16-28-35)36-29-17-6-18-30-36;1-3-5-6-8(4-2)7-9/h1-30H;8H,3-7H2,1-2H3/q+1;-1. The van der Waals surface area contributed by atoms with Gasteiger partial charge in [-0.2, -0.15) is 9.48 Å². The largest absolute Gasteiger partial charge is 0.854 e. The number of guanidine groups is 1. The van der Waals surface area contributed by atoms with Crippen LogP contribution in [0.1, 0.15) is 39.5 Å². The van der Waals surface area contributed by atoms with Gasteiger partial charge < -0.3 is 5.11 Å². The highest BCUT2D eigenvalue weighted by molar-refractivity contribution is 6.16. The maximum absolute atomic E-state index is 10.4. The summed E-state index contributed by atoms with van der Waals surface area (Å²) < 4.78 is 0.265. The van der Waals surface area contributed by atoms with E-state index in [9.17, 15) is 5.11 Å². The van der Waals surface area contributed by atoms with Gasteiger partial charge in [0, 0.05) is 36.4 Å². The van der Waals surface area contributed by atoms with Gasteiger partial charge in [0.05, 0.1) is 17.1 Å². The van der Waals surface area contributed by atoms with Crippen molar-refractivity contribution in [2.24, 2.45) is 10.9 Å². The summed E-state index contributed by atoms with van der Waals surface area (Å²) in [4.78, 5) is 7.81. The third-order valence-corrected chi connectivity index (χ3v) is 8.72. The second-order valence-corrected chi connectivity index (χ2v) is 12.0. The molecule has 0 radical (unpaired) electrons. The molecule has 6 aromatic carbocycles. The van der Waals surface area contributed by atoms with E-state index >= 15 is 0 Å². The average molecular weight is 646 g/mol. The topological polar surface area (TPSA) is 38.7 Å². The zero-order valence-corrected chi connectivity index (χ0v) is 28.7. The van der Waals surface area contributed by atoms with Crippen LogP contribution in [0.15, 0.2) is 187 Å². The average Bonchev–Trinajstić information content (AvgIpc) is 3.18. The summed E-state index contributed by atoms with van der Waals surface area (Å²) in [5, 5.41) is 10.4. The quantitative estimate of drug-likeness (QED) is 0.0799. The first-order valence-electron chi connectivity index (χ1n) is 17.4. The Bertz CT molecular complexity index is 1660. The van der Waals surface area contributed by atoms with Gasteiger partial charge in [0.15, 0.2) is 17.1 Å². The van der Waals surface area contributed by atoms with Crippen LogP contribution in [0.5, 0.6) is 0 Å². The number of hydrogen-bond donors (Lipinski definition) is 0. The summed E-state index contributed by atoms with van der Waals surface area (Å²) in [5.74, 6) is 1.28. The van der Waals surface area contributed by atoms with E-state index in [0.29, 0.717) is 5.92 Å². The van der Waals surface area contributed by atoms with Crippen molar-refractivity contribution in [2.75, 3.05) is 11.5 Å². The molecule has 0 aliphatic heterocycles. The fourth-order valence-corrected chi connectivity index (χ4v) is 6.07. The molecule has 1 atom stereocenters. The third kappa shape index (κ3) is 8.60. The fraction of sp³-hybridized carbons (Fsp3) is 0.178. The van der Waals surface area contributed by atoms with Crippen LogP contribution in [0.2, 0.25) is 0 Å². The Morgan fingerprint density at radius 1 is 0.551 bits per heavy atom. The van der Waals surface area contributed by atoms with Gasteiger partial charge >= 0.3 is 5.96 Å². The van der Waals surface area contributed by atoms with Gasteiger partial charge in [0.2, 0.25) is 0 Å². The SMILES string of the molecule is CCCCC(CC)C[O-].c1ccc(N=C(N(c2ccccc2)c2ccccc2)[N+](c2ccccc2)(c2ccccc2)c2ccccc2)cc1. The van der Waals surface area contributed by atoms with Crippen LogP contribution in [0.3, 0.4) is 0 Å². The first-order chi connectivity index (χ1) is 24.2. The Hall–Kier alpha value is -5.29. The number of rotatable bonds is 11. The van der Waals surface area contributed by atoms with Crippen molar-refractivity contribution < 1.29 is 5.11 Å². The van der Waals surface area contributed by atoms with Crippen molar-refractivity contribution in [3.63, 3.8) is 0 Å². The molecule has 0 saturated heterocycles. The maximum atomic E-state index is 10.4. The minimum atomic E-state index is 0.122. The second-order valence-electron chi connectivity index (χ2n) is 12.0. The van der Waals surface area contributed by atoms with Crippen LogP contribution < -0.4 is 14.5 Å². The predicted molar refractivity (Wildman–Crippen MR) is 207 cm³/mol. The van der Waals surface area contributed by atoms with E-state index in [2.05, 4.69) is 170 Å². The molecule has 0 saturated carbocycles. The lowest BCUT2D eigenvalue weighted by atomic mass is 10.0. The van der Waals surface area contributed by atoms with Gasteiger partial charge in [0.25, 0.3) is 0 Å². The van der Waals surface area contributed by atoms with Crippen molar-refractivity contribution >= 4 is 40.1 Å². The zero-order valence-electron chi connectivity index (χ0n) is 28.7. The number of quaternary nitrogens is 1. The van der Waals surface area contributed by atoms with Crippen LogP contribution >= 0.6 is 0 Å². The lowest BCUT2D eigenvalue weighted by Crippen LogP contribution is -2.52. The van der Waals surface area contributed by atoms with Crippen molar-refractivity contribution in [3.8, 4) is 0 Å². The number of hydrogen-bond acceptors (Lipinski definition) is 2. The summed E-state index contributed by atoms with van der Waals surface area (Å²) >= 11 is 0. The molecule has 49 heavy (non-hydrogen) atoms. The first-order valence-corrected chi connectivity index (χ1v) is 17.4. The van der Waals surface area contributed by atoms with Crippen molar-refractivity contribution in [3.05, 3.63) is 182 Å². The number of benzene rings is 6. The molecule has 0 aliphatic rings. The molecular formula is C45H47N3O. The molecule has 6 rings (SSSR count). The molecule has 0 aliphatic carbocycles. The number of anilines is 2. The molecule has 0 bridgehead atoms.